The van der Waals surface area contributed by atoms with Crippen LogP contribution in [0.15, 0.2) is 48.5 Å². The molecule has 4 nitrogen and oxygen atoms in total. The Morgan fingerprint density at radius 3 is 2.57 bits per heavy atom. The van der Waals surface area contributed by atoms with E-state index in [0.29, 0.717) is 23.7 Å². The van der Waals surface area contributed by atoms with Gasteiger partial charge in [-0.3, -0.25) is 4.79 Å². The van der Waals surface area contributed by atoms with E-state index in [0.717, 1.165) is 17.9 Å². The van der Waals surface area contributed by atoms with Crippen molar-refractivity contribution in [2.24, 2.45) is 5.92 Å². The summed E-state index contributed by atoms with van der Waals surface area (Å²) >= 11 is 0. The van der Waals surface area contributed by atoms with E-state index >= 15 is 0 Å². The number of para-hydroxylation sites is 2. The highest BCUT2D eigenvalue weighted by Crippen LogP contribution is 2.30. The molecule has 3 rings (SSSR count). The number of amides is 1. The zero-order chi connectivity index (χ0) is 15.4. The maximum absolute atomic E-state index is 12.2. The minimum atomic E-state index is -0.171. The van der Waals surface area contributed by atoms with E-state index in [1.54, 1.807) is 18.2 Å². The molecule has 0 atom stereocenters. The summed E-state index contributed by atoms with van der Waals surface area (Å²) < 4.78 is 5.85. The SMILES string of the molecule is Cl.Nc1ccccc1C(=O)NCc1ccccc1OCC1CC1. The van der Waals surface area contributed by atoms with Crippen LogP contribution in [0.25, 0.3) is 0 Å². The fourth-order valence-corrected chi connectivity index (χ4v) is 2.26. The fourth-order valence-electron chi connectivity index (χ4n) is 2.26. The summed E-state index contributed by atoms with van der Waals surface area (Å²) in [4.78, 5) is 12.2. The molecule has 0 saturated heterocycles. The topological polar surface area (TPSA) is 64.4 Å². The number of ether oxygens (including phenoxy) is 1. The lowest BCUT2D eigenvalue weighted by atomic mass is 10.1. The molecule has 0 bridgehead atoms. The van der Waals surface area contributed by atoms with Crippen molar-refractivity contribution in [2.45, 2.75) is 19.4 Å². The van der Waals surface area contributed by atoms with Gasteiger partial charge in [0.05, 0.1) is 12.2 Å². The lowest BCUT2D eigenvalue weighted by molar-refractivity contribution is 0.0951. The van der Waals surface area contributed by atoms with Gasteiger partial charge < -0.3 is 15.8 Å². The lowest BCUT2D eigenvalue weighted by Crippen LogP contribution is -2.24. The number of hydrogen-bond donors (Lipinski definition) is 2. The largest absolute Gasteiger partial charge is 0.493 e. The van der Waals surface area contributed by atoms with E-state index in [4.69, 9.17) is 10.5 Å². The molecule has 23 heavy (non-hydrogen) atoms. The summed E-state index contributed by atoms with van der Waals surface area (Å²) in [6.07, 6.45) is 2.51. The highest BCUT2D eigenvalue weighted by Gasteiger charge is 2.22. The molecule has 3 N–H and O–H groups in total. The van der Waals surface area contributed by atoms with Crippen molar-refractivity contribution in [2.75, 3.05) is 12.3 Å². The van der Waals surface area contributed by atoms with Crippen molar-refractivity contribution < 1.29 is 9.53 Å². The van der Waals surface area contributed by atoms with Gasteiger partial charge in [0.2, 0.25) is 0 Å². The number of carbonyl (C=O) groups excluding carboxylic acids is 1. The molecule has 0 aromatic heterocycles. The Morgan fingerprint density at radius 1 is 1.13 bits per heavy atom. The van der Waals surface area contributed by atoms with Crippen LogP contribution in [0.3, 0.4) is 0 Å². The van der Waals surface area contributed by atoms with Gasteiger partial charge in [-0.05, 0) is 37.0 Å². The molecule has 0 unspecified atom stereocenters. The summed E-state index contributed by atoms with van der Waals surface area (Å²) in [5, 5.41) is 2.90. The van der Waals surface area contributed by atoms with Crippen LogP contribution >= 0.6 is 12.4 Å². The van der Waals surface area contributed by atoms with Crippen molar-refractivity contribution in [1.82, 2.24) is 5.32 Å². The monoisotopic (exact) mass is 332 g/mol. The number of nitrogen functional groups attached to an aromatic ring is 1. The number of benzene rings is 2. The third kappa shape index (κ3) is 4.63. The standard InChI is InChI=1S/C18H20N2O2.ClH/c19-16-7-3-2-6-15(16)18(21)20-11-14-5-1-4-8-17(14)22-12-13-9-10-13;/h1-8,13H,9-12,19H2,(H,20,21);1H. The lowest BCUT2D eigenvalue weighted by Gasteiger charge is -2.12. The van der Waals surface area contributed by atoms with Crippen LogP contribution in [-0.4, -0.2) is 12.5 Å². The molecule has 0 aliphatic heterocycles. The van der Waals surface area contributed by atoms with Crippen LogP contribution in [0.5, 0.6) is 5.75 Å². The van der Waals surface area contributed by atoms with Gasteiger partial charge >= 0.3 is 0 Å². The first-order chi connectivity index (χ1) is 10.7. The Labute approximate surface area is 142 Å². The highest BCUT2D eigenvalue weighted by molar-refractivity contribution is 5.99. The second-order valence-electron chi connectivity index (χ2n) is 5.63. The van der Waals surface area contributed by atoms with Crippen molar-refractivity contribution in [3.05, 3.63) is 59.7 Å². The van der Waals surface area contributed by atoms with Crippen LogP contribution in [0, 0.1) is 5.92 Å². The predicted molar refractivity (Wildman–Crippen MR) is 93.9 cm³/mol. The highest BCUT2D eigenvalue weighted by atomic mass is 35.5. The molecule has 5 heteroatoms. The van der Waals surface area contributed by atoms with Gasteiger partial charge in [0.1, 0.15) is 5.75 Å². The van der Waals surface area contributed by atoms with E-state index in [-0.39, 0.29) is 18.3 Å². The molecule has 2 aromatic carbocycles. The van der Waals surface area contributed by atoms with Crippen LogP contribution in [0.2, 0.25) is 0 Å². The van der Waals surface area contributed by atoms with Crippen molar-refractivity contribution >= 4 is 24.0 Å². The van der Waals surface area contributed by atoms with E-state index in [2.05, 4.69) is 5.32 Å². The summed E-state index contributed by atoms with van der Waals surface area (Å²) in [7, 11) is 0. The number of rotatable bonds is 6. The fraction of sp³-hybridized carbons (Fsp3) is 0.278. The van der Waals surface area contributed by atoms with Gasteiger partial charge in [0.25, 0.3) is 5.91 Å². The molecule has 1 fully saturated rings. The normalized spacial score (nSPS) is 13.0. The van der Waals surface area contributed by atoms with Gasteiger partial charge in [-0.15, -0.1) is 12.4 Å². The number of carbonyl (C=O) groups is 1. The quantitative estimate of drug-likeness (QED) is 0.797. The number of nitrogens with one attached hydrogen (secondary N) is 1. The Balaban J connectivity index is 0.00000192. The van der Waals surface area contributed by atoms with Crippen LogP contribution in [-0.2, 0) is 6.54 Å². The van der Waals surface area contributed by atoms with Gasteiger partial charge in [0, 0.05) is 17.8 Å². The molecule has 0 heterocycles. The molecule has 122 valence electrons. The summed E-state index contributed by atoms with van der Waals surface area (Å²) in [6, 6.07) is 14.9. The minimum Gasteiger partial charge on any atom is -0.493 e. The molecule has 0 spiro atoms. The molecular formula is C18H21ClN2O2. The van der Waals surface area contributed by atoms with Crippen molar-refractivity contribution in [1.29, 1.82) is 0 Å². The number of nitrogens with two attached hydrogens (primary N) is 1. The van der Waals surface area contributed by atoms with Gasteiger partial charge in [-0.1, -0.05) is 30.3 Å². The Kier molecular flexibility index (Phi) is 5.88. The Bertz CT molecular complexity index is 672. The first kappa shape index (κ1) is 17.2. The molecule has 1 aliphatic rings. The van der Waals surface area contributed by atoms with E-state index in [1.807, 2.05) is 30.3 Å². The van der Waals surface area contributed by atoms with E-state index < -0.39 is 0 Å². The number of halogens is 1. The maximum atomic E-state index is 12.2. The second kappa shape index (κ2) is 7.88. The van der Waals surface area contributed by atoms with Gasteiger partial charge in [-0.2, -0.15) is 0 Å². The number of hydrogen-bond acceptors (Lipinski definition) is 3. The van der Waals surface area contributed by atoms with Gasteiger partial charge in [0.15, 0.2) is 0 Å². The third-order valence-corrected chi connectivity index (χ3v) is 3.79. The minimum absolute atomic E-state index is 0. The summed E-state index contributed by atoms with van der Waals surface area (Å²) in [6.45, 7) is 1.19. The average molecular weight is 333 g/mol. The third-order valence-electron chi connectivity index (χ3n) is 3.79. The van der Waals surface area contributed by atoms with Crippen molar-refractivity contribution in [3.63, 3.8) is 0 Å². The van der Waals surface area contributed by atoms with Crippen LogP contribution < -0.4 is 15.8 Å². The zero-order valence-electron chi connectivity index (χ0n) is 12.8. The van der Waals surface area contributed by atoms with E-state index in [1.165, 1.54) is 12.8 Å². The predicted octanol–water partition coefficient (Wildman–Crippen LogP) is 3.41. The first-order valence-electron chi connectivity index (χ1n) is 7.57. The first-order valence-corrected chi connectivity index (χ1v) is 7.57. The Hall–Kier alpha value is -2.20. The maximum Gasteiger partial charge on any atom is 0.253 e. The molecule has 2 aromatic rings. The summed E-state index contributed by atoms with van der Waals surface area (Å²) in [5.41, 5.74) is 7.78. The van der Waals surface area contributed by atoms with Gasteiger partial charge in [-0.25, -0.2) is 0 Å². The van der Waals surface area contributed by atoms with Crippen LogP contribution in [0.1, 0.15) is 28.8 Å². The Morgan fingerprint density at radius 2 is 1.83 bits per heavy atom. The second-order valence-corrected chi connectivity index (χ2v) is 5.63. The molecule has 1 saturated carbocycles. The smallest absolute Gasteiger partial charge is 0.253 e. The van der Waals surface area contributed by atoms with E-state index in [9.17, 15) is 4.79 Å². The zero-order valence-corrected chi connectivity index (χ0v) is 13.6. The average Bonchev–Trinajstić information content (AvgIpc) is 3.36. The molecule has 1 aliphatic carbocycles. The van der Waals surface area contributed by atoms with Crippen LogP contribution in [0.4, 0.5) is 5.69 Å². The summed E-state index contributed by atoms with van der Waals surface area (Å²) in [5.74, 6) is 1.37. The molecular weight excluding hydrogens is 312 g/mol. The molecule has 1 amide bonds. The number of anilines is 1. The molecule has 0 radical (unpaired) electrons. The van der Waals surface area contributed by atoms with Crippen molar-refractivity contribution in [3.8, 4) is 5.75 Å².